The van der Waals surface area contributed by atoms with E-state index in [4.69, 9.17) is 4.74 Å². The minimum absolute atomic E-state index is 0.410. The van der Waals surface area contributed by atoms with Crippen molar-refractivity contribution in [3.63, 3.8) is 0 Å². The zero-order valence-corrected chi connectivity index (χ0v) is 20.8. The standard InChI is InChI=1S/C23H44Br2O/c1-4-5-6-13-21(24)15-9-12-20(3)26-23-17-10-16-22(25)14-8-7-11-19(2)18-23/h19-23H,4-18H2,1-3H3. The number of hydrogen-bond donors (Lipinski definition) is 0. The first-order valence-electron chi connectivity index (χ1n) is 11.4. The first-order valence-corrected chi connectivity index (χ1v) is 13.3. The van der Waals surface area contributed by atoms with Crippen LogP contribution in [0.4, 0.5) is 0 Å². The predicted molar refractivity (Wildman–Crippen MR) is 124 cm³/mol. The van der Waals surface area contributed by atoms with Crippen LogP contribution in [0.15, 0.2) is 0 Å². The van der Waals surface area contributed by atoms with Crippen LogP contribution in [-0.4, -0.2) is 21.9 Å². The van der Waals surface area contributed by atoms with E-state index >= 15 is 0 Å². The normalized spacial score (nSPS) is 28.3. The van der Waals surface area contributed by atoms with Crippen molar-refractivity contribution < 1.29 is 4.74 Å². The zero-order chi connectivity index (χ0) is 19.2. The fourth-order valence-corrected chi connectivity index (χ4v) is 5.46. The van der Waals surface area contributed by atoms with Crippen molar-refractivity contribution in [3.05, 3.63) is 0 Å². The van der Waals surface area contributed by atoms with Crippen LogP contribution in [0.5, 0.6) is 0 Å². The van der Waals surface area contributed by atoms with Gasteiger partial charge in [-0.3, -0.25) is 0 Å². The Hall–Kier alpha value is 0.920. The Kier molecular flexibility index (Phi) is 15.2. The summed E-state index contributed by atoms with van der Waals surface area (Å²) in [5.41, 5.74) is 0. The van der Waals surface area contributed by atoms with Gasteiger partial charge in [0.15, 0.2) is 0 Å². The highest BCUT2D eigenvalue weighted by atomic mass is 79.9. The minimum atomic E-state index is 0.410. The molecule has 1 aliphatic rings. The van der Waals surface area contributed by atoms with Crippen molar-refractivity contribution in [2.24, 2.45) is 5.92 Å². The van der Waals surface area contributed by atoms with Gasteiger partial charge >= 0.3 is 0 Å². The molecular weight excluding hydrogens is 452 g/mol. The molecule has 5 atom stereocenters. The number of alkyl halides is 2. The highest BCUT2D eigenvalue weighted by Gasteiger charge is 2.19. The van der Waals surface area contributed by atoms with Gasteiger partial charge in [-0.15, -0.1) is 0 Å². The highest BCUT2D eigenvalue weighted by Crippen LogP contribution is 2.27. The molecule has 5 unspecified atom stereocenters. The monoisotopic (exact) mass is 494 g/mol. The van der Waals surface area contributed by atoms with Gasteiger partial charge in [0, 0.05) is 9.65 Å². The van der Waals surface area contributed by atoms with Crippen molar-refractivity contribution in [1.82, 2.24) is 0 Å². The Labute approximate surface area is 181 Å². The van der Waals surface area contributed by atoms with E-state index in [0.29, 0.717) is 17.0 Å². The molecule has 1 rings (SSSR count). The molecular formula is C23H44Br2O. The first-order chi connectivity index (χ1) is 12.5. The second-order valence-corrected chi connectivity index (χ2v) is 11.3. The third kappa shape index (κ3) is 13.2. The number of ether oxygens (including phenoxy) is 1. The summed E-state index contributed by atoms with van der Waals surface area (Å²) in [6, 6.07) is 0. The second-order valence-electron chi connectivity index (χ2n) is 8.75. The molecule has 0 aromatic rings. The quantitative estimate of drug-likeness (QED) is 0.217. The lowest BCUT2D eigenvalue weighted by Gasteiger charge is -2.25. The molecule has 0 heterocycles. The topological polar surface area (TPSA) is 9.23 Å². The fourth-order valence-electron chi connectivity index (χ4n) is 4.16. The van der Waals surface area contributed by atoms with Gasteiger partial charge in [0.05, 0.1) is 12.2 Å². The molecule has 1 nitrogen and oxygen atoms in total. The van der Waals surface area contributed by atoms with Gasteiger partial charge < -0.3 is 4.74 Å². The molecule has 0 aromatic heterocycles. The molecule has 0 saturated heterocycles. The number of hydrogen-bond acceptors (Lipinski definition) is 1. The minimum Gasteiger partial charge on any atom is -0.375 e. The summed E-state index contributed by atoms with van der Waals surface area (Å²) in [6.45, 7) is 7.00. The van der Waals surface area contributed by atoms with Crippen molar-refractivity contribution in [1.29, 1.82) is 0 Å². The Bertz CT molecular complexity index is 323. The van der Waals surface area contributed by atoms with E-state index < -0.39 is 0 Å². The molecule has 0 N–H and O–H groups in total. The molecule has 26 heavy (non-hydrogen) atoms. The molecule has 0 aliphatic heterocycles. The Morgan fingerprint density at radius 1 is 0.923 bits per heavy atom. The van der Waals surface area contributed by atoms with E-state index in [-0.39, 0.29) is 0 Å². The number of halogens is 2. The van der Waals surface area contributed by atoms with E-state index in [1.54, 1.807) is 0 Å². The molecule has 1 aliphatic carbocycles. The van der Waals surface area contributed by atoms with Crippen LogP contribution in [0.2, 0.25) is 0 Å². The third-order valence-corrected chi connectivity index (χ3v) is 7.68. The van der Waals surface area contributed by atoms with Gasteiger partial charge in [-0.25, -0.2) is 0 Å². The fraction of sp³-hybridized carbons (Fsp3) is 1.00. The van der Waals surface area contributed by atoms with Crippen LogP contribution in [0.3, 0.4) is 0 Å². The number of unbranched alkanes of at least 4 members (excludes halogenated alkanes) is 2. The summed E-state index contributed by atoms with van der Waals surface area (Å²) in [5.74, 6) is 0.810. The summed E-state index contributed by atoms with van der Waals surface area (Å²) in [4.78, 5) is 1.42. The summed E-state index contributed by atoms with van der Waals surface area (Å²) in [5, 5.41) is 0. The lowest BCUT2D eigenvalue weighted by molar-refractivity contribution is -0.0239. The van der Waals surface area contributed by atoms with Gasteiger partial charge in [-0.2, -0.15) is 0 Å². The van der Waals surface area contributed by atoms with Crippen LogP contribution in [0.25, 0.3) is 0 Å². The Balaban J connectivity index is 2.28. The Morgan fingerprint density at radius 3 is 2.38 bits per heavy atom. The lowest BCUT2D eigenvalue weighted by Crippen LogP contribution is -2.23. The van der Waals surface area contributed by atoms with Gasteiger partial charge in [0.1, 0.15) is 0 Å². The van der Waals surface area contributed by atoms with E-state index in [0.717, 1.165) is 10.7 Å². The molecule has 0 amide bonds. The van der Waals surface area contributed by atoms with Crippen LogP contribution in [0.1, 0.15) is 117 Å². The van der Waals surface area contributed by atoms with Crippen LogP contribution >= 0.6 is 31.9 Å². The average molecular weight is 496 g/mol. The Morgan fingerprint density at radius 2 is 1.62 bits per heavy atom. The molecule has 1 saturated carbocycles. The first kappa shape index (κ1) is 25.0. The third-order valence-electron chi connectivity index (χ3n) is 5.85. The van der Waals surface area contributed by atoms with Crippen molar-refractivity contribution >= 4 is 31.9 Å². The van der Waals surface area contributed by atoms with Gasteiger partial charge in [0.25, 0.3) is 0 Å². The highest BCUT2D eigenvalue weighted by molar-refractivity contribution is 9.09. The maximum absolute atomic E-state index is 6.52. The summed E-state index contributed by atoms with van der Waals surface area (Å²) >= 11 is 7.74. The van der Waals surface area contributed by atoms with E-state index in [1.807, 2.05) is 0 Å². The van der Waals surface area contributed by atoms with Gasteiger partial charge in [-0.1, -0.05) is 84.2 Å². The second kappa shape index (κ2) is 15.8. The summed E-state index contributed by atoms with van der Waals surface area (Å²) in [7, 11) is 0. The molecule has 0 radical (unpaired) electrons. The average Bonchev–Trinajstić information content (AvgIpc) is 2.61. The van der Waals surface area contributed by atoms with Crippen molar-refractivity contribution in [3.8, 4) is 0 Å². The van der Waals surface area contributed by atoms with E-state index in [1.165, 1.54) is 96.3 Å². The van der Waals surface area contributed by atoms with Crippen LogP contribution in [0, 0.1) is 5.92 Å². The van der Waals surface area contributed by atoms with Gasteiger partial charge in [-0.05, 0) is 70.6 Å². The zero-order valence-electron chi connectivity index (χ0n) is 17.7. The van der Waals surface area contributed by atoms with E-state index in [2.05, 4.69) is 52.6 Å². The smallest absolute Gasteiger partial charge is 0.0581 e. The lowest BCUT2D eigenvalue weighted by atomic mass is 9.95. The molecule has 1 fully saturated rings. The SMILES string of the molecule is CCCCCC(Br)CCCC(C)OC1CCCC(Br)CCCCC(C)C1. The van der Waals surface area contributed by atoms with Crippen LogP contribution < -0.4 is 0 Å². The number of rotatable bonds is 10. The predicted octanol–water partition coefficient (Wildman–Crippen LogP) is 8.81. The maximum Gasteiger partial charge on any atom is 0.0581 e. The van der Waals surface area contributed by atoms with Crippen molar-refractivity contribution in [2.75, 3.05) is 0 Å². The largest absolute Gasteiger partial charge is 0.375 e. The molecule has 0 bridgehead atoms. The molecule has 0 aromatic carbocycles. The van der Waals surface area contributed by atoms with Gasteiger partial charge in [0.2, 0.25) is 0 Å². The van der Waals surface area contributed by atoms with Crippen LogP contribution in [-0.2, 0) is 4.74 Å². The molecule has 3 heteroatoms. The molecule has 156 valence electrons. The maximum atomic E-state index is 6.52. The summed E-state index contributed by atoms with van der Waals surface area (Å²) < 4.78 is 6.52. The molecule has 0 spiro atoms. The van der Waals surface area contributed by atoms with E-state index in [9.17, 15) is 0 Å². The summed E-state index contributed by atoms with van der Waals surface area (Å²) in [6.07, 6.45) is 20.7. The van der Waals surface area contributed by atoms with Crippen molar-refractivity contribution in [2.45, 2.75) is 139 Å².